The molecule has 0 spiro atoms. The minimum Gasteiger partial charge on any atom is -0.345 e. The van der Waals surface area contributed by atoms with Gasteiger partial charge in [0, 0.05) is 18.2 Å². The average molecular weight is 402 g/mol. The van der Waals surface area contributed by atoms with Gasteiger partial charge in [-0.2, -0.15) is 0 Å². The summed E-state index contributed by atoms with van der Waals surface area (Å²) < 4.78 is 26.1. The van der Waals surface area contributed by atoms with E-state index in [0.717, 1.165) is 17.1 Å². The second-order valence-corrected chi connectivity index (χ2v) is 9.04. The molecule has 1 aromatic rings. The fraction of sp³-hybridized carbons (Fsp3) is 0.529. The number of nitrogens with two attached hydrogens (primary N) is 1. The normalized spacial score (nSPS) is 20.3. The van der Waals surface area contributed by atoms with E-state index >= 15 is 0 Å². The van der Waals surface area contributed by atoms with Crippen LogP contribution in [0.2, 0.25) is 0 Å². The van der Waals surface area contributed by atoms with Crippen molar-refractivity contribution in [3.05, 3.63) is 29.3 Å². The quantitative estimate of drug-likeness (QED) is 0.777. The number of fused-ring (bicyclic) bond motifs is 1. The fourth-order valence-corrected chi connectivity index (χ4v) is 5.06. The lowest BCUT2D eigenvalue weighted by molar-refractivity contribution is 0.0844. The fourth-order valence-electron chi connectivity index (χ4n) is 3.27. The number of carbonyl (C=O) groups excluding carboxylic acids is 2. The highest BCUT2D eigenvalue weighted by atomic mass is 35.5. The summed E-state index contributed by atoms with van der Waals surface area (Å²) in [6.45, 7) is 5.48. The van der Waals surface area contributed by atoms with Gasteiger partial charge < -0.3 is 11.1 Å². The number of benzene rings is 1. The van der Waals surface area contributed by atoms with Crippen molar-refractivity contribution >= 4 is 34.2 Å². The van der Waals surface area contributed by atoms with Gasteiger partial charge in [0.1, 0.15) is 4.90 Å². The van der Waals surface area contributed by atoms with E-state index < -0.39 is 27.5 Å². The van der Waals surface area contributed by atoms with E-state index in [4.69, 9.17) is 5.73 Å². The summed E-state index contributed by atoms with van der Waals surface area (Å²) >= 11 is 0. The Kier molecular flexibility index (Phi) is 5.43. The number of hydrogen-bond acceptors (Lipinski definition) is 5. The molecule has 1 aliphatic carbocycles. The maximum Gasteiger partial charge on any atom is 0.269 e. The van der Waals surface area contributed by atoms with Crippen LogP contribution < -0.4 is 11.1 Å². The predicted octanol–water partition coefficient (Wildman–Crippen LogP) is 1.52. The van der Waals surface area contributed by atoms with Crippen LogP contribution in [0, 0.1) is 5.92 Å². The Hall–Kier alpha value is -1.64. The summed E-state index contributed by atoms with van der Waals surface area (Å²) in [5, 5.41) is 2.93. The molecule has 1 heterocycles. The van der Waals surface area contributed by atoms with Crippen molar-refractivity contribution in [1.29, 1.82) is 0 Å². The SMILES string of the molecule is CC(C)N1C(=O)c2ccc(C(=O)NC(C)(CN)C3CC3)cc2S1(=O)=O.Cl. The van der Waals surface area contributed by atoms with Crippen molar-refractivity contribution in [1.82, 2.24) is 9.62 Å². The Labute approximate surface area is 159 Å². The van der Waals surface area contributed by atoms with Gasteiger partial charge in [0.2, 0.25) is 0 Å². The molecule has 0 radical (unpaired) electrons. The van der Waals surface area contributed by atoms with Crippen molar-refractivity contribution < 1.29 is 18.0 Å². The molecule has 1 aromatic carbocycles. The van der Waals surface area contributed by atoms with Crippen molar-refractivity contribution in [2.45, 2.75) is 50.1 Å². The highest BCUT2D eigenvalue weighted by Crippen LogP contribution is 2.39. The number of nitrogens with zero attached hydrogens (tertiary/aromatic N) is 1. The van der Waals surface area contributed by atoms with Gasteiger partial charge in [-0.15, -0.1) is 12.4 Å². The molecule has 1 aliphatic heterocycles. The van der Waals surface area contributed by atoms with Crippen LogP contribution in [0.25, 0.3) is 0 Å². The molecule has 1 unspecified atom stereocenters. The molecule has 2 amide bonds. The largest absolute Gasteiger partial charge is 0.345 e. The number of hydrogen-bond donors (Lipinski definition) is 2. The van der Waals surface area contributed by atoms with Gasteiger partial charge in [-0.3, -0.25) is 9.59 Å². The Morgan fingerprint density at radius 2 is 2.00 bits per heavy atom. The Bertz CT molecular complexity index is 852. The minimum atomic E-state index is -3.92. The second kappa shape index (κ2) is 6.83. The maximum absolute atomic E-state index is 12.6. The van der Waals surface area contributed by atoms with Gasteiger partial charge in [-0.1, -0.05) is 0 Å². The zero-order chi connectivity index (χ0) is 18.6. The molecule has 3 N–H and O–H groups in total. The van der Waals surface area contributed by atoms with Crippen LogP contribution in [0.15, 0.2) is 23.1 Å². The zero-order valence-electron chi connectivity index (χ0n) is 15.0. The van der Waals surface area contributed by atoms with Crippen LogP contribution in [0.4, 0.5) is 0 Å². The van der Waals surface area contributed by atoms with E-state index in [9.17, 15) is 18.0 Å². The summed E-state index contributed by atoms with van der Waals surface area (Å²) in [7, 11) is -3.92. The summed E-state index contributed by atoms with van der Waals surface area (Å²) in [6, 6.07) is 3.68. The first-order valence-electron chi connectivity index (χ1n) is 8.37. The first-order valence-corrected chi connectivity index (χ1v) is 9.81. The van der Waals surface area contributed by atoms with E-state index in [-0.39, 0.29) is 34.3 Å². The number of halogens is 1. The van der Waals surface area contributed by atoms with Gasteiger partial charge in [0.05, 0.1) is 11.1 Å². The topological polar surface area (TPSA) is 110 Å². The third kappa shape index (κ3) is 3.21. The minimum absolute atomic E-state index is 0. The van der Waals surface area contributed by atoms with E-state index in [2.05, 4.69) is 5.32 Å². The van der Waals surface area contributed by atoms with Crippen LogP contribution in [0.1, 0.15) is 54.3 Å². The third-order valence-corrected chi connectivity index (χ3v) is 6.98. The number of carbonyl (C=O) groups is 2. The molecule has 0 bridgehead atoms. The van der Waals surface area contributed by atoms with Crippen LogP contribution in [0.3, 0.4) is 0 Å². The first-order chi connectivity index (χ1) is 11.6. The molecule has 1 saturated carbocycles. The lowest BCUT2D eigenvalue weighted by atomic mass is 9.95. The van der Waals surface area contributed by atoms with Crippen molar-refractivity contribution in [2.75, 3.05) is 6.54 Å². The lowest BCUT2D eigenvalue weighted by Crippen LogP contribution is -2.53. The molecule has 1 atom stereocenters. The van der Waals surface area contributed by atoms with Gasteiger partial charge in [-0.05, 0) is 57.7 Å². The molecule has 0 aromatic heterocycles. The number of nitrogens with one attached hydrogen (secondary N) is 1. The van der Waals surface area contributed by atoms with Crippen molar-refractivity contribution in [3.63, 3.8) is 0 Å². The summed E-state index contributed by atoms with van der Waals surface area (Å²) in [5.41, 5.74) is 5.63. The molecular formula is C17H24ClN3O4S. The smallest absolute Gasteiger partial charge is 0.269 e. The molecule has 2 aliphatic rings. The summed E-state index contributed by atoms with van der Waals surface area (Å²) in [4.78, 5) is 24.8. The van der Waals surface area contributed by atoms with Crippen LogP contribution in [-0.4, -0.2) is 42.7 Å². The van der Waals surface area contributed by atoms with Crippen molar-refractivity contribution in [3.8, 4) is 0 Å². The van der Waals surface area contributed by atoms with Gasteiger partial charge in [0.25, 0.3) is 21.8 Å². The van der Waals surface area contributed by atoms with Gasteiger partial charge >= 0.3 is 0 Å². The summed E-state index contributed by atoms with van der Waals surface area (Å²) in [5.74, 6) is -0.590. The lowest BCUT2D eigenvalue weighted by Gasteiger charge is -2.29. The van der Waals surface area contributed by atoms with Gasteiger partial charge in [-0.25, -0.2) is 12.7 Å². The van der Waals surface area contributed by atoms with E-state index in [0.29, 0.717) is 12.5 Å². The van der Waals surface area contributed by atoms with Gasteiger partial charge in [0.15, 0.2) is 0 Å². The van der Waals surface area contributed by atoms with E-state index in [1.54, 1.807) is 13.8 Å². The monoisotopic (exact) mass is 401 g/mol. The van der Waals surface area contributed by atoms with Crippen LogP contribution in [0.5, 0.6) is 0 Å². The van der Waals surface area contributed by atoms with Crippen LogP contribution in [-0.2, 0) is 10.0 Å². The summed E-state index contributed by atoms with van der Waals surface area (Å²) in [6.07, 6.45) is 2.04. The Morgan fingerprint density at radius 1 is 1.38 bits per heavy atom. The molecule has 7 nitrogen and oxygen atoms in total. The number of amides is 2. The standard InChI is InChI=1S/C17H23N3O4S.ClH/c1-10(2)20-16(22)13-7-4-11(8-14(13)25(20,23)24)15(21)19-17(3,9-18)12-5-6-12;/h4,7-8,10,12H,5-6,9,18H2,1-3H3,(H,19,21);1H. The molecule has 0 saturated heterocycles. The first kappa shape index (κ1) is 20.7. The Morgan fingerprint density at radius 3 is 2.50 bits per heavy atom. The molecule has 9 heteroatoms. The average Bonchev–Trinajstić information content (AvgIpc) is 3.36. The third-order valence-electron chi connectivity index (χ3n) is 4.98. The highest BCUT2D eigenvalue weighted by Gasteiger charge is 2.44. The van der Waals surface area contributed by atoms with Crippen molar-refractivity contribution in [2.24, 2.45) is 11.7 Å². The zero-order valence-corrected chi connectivity index (χ0v) is 16.6. The molecule has 3 rings (SSSR count). The maximum atomic E-state index is 12.6. The molecule has 1 fully saturated rings. The van der Waals surface area contributed by atoms with Crippen LogP contribution >= 0.6 is 12.4 Å². The molecule has 144 valence electrons. The number of rotatable bonds is 5. The second-order valence-electron chi connectivity index (χ2n) is 7.26. The Balaban J connectivity index is 0.00000243. The predicted molar refractivity (Wildman–Crippen MR) is 99.8 cm³/mol. The number of sulfonamides is 1. The molecule has 26 heavy (non-hydrogen) atoms. The van der Waals surface area contributed by atoms with E-state index in [1.165, 1.54) is 18.2 Å². The van der Waals surface area contributed by atoms with E-state index in [1.807, 2.05) is 6.92 Å². The molecular weight excluding hydrogens is 378 g/mol. The highest BCUT2D eigenvalue weighted by molar-refractivity contribution is 7.90.